The molecular weight excluding hydrogens is 248 g/mol. The van der Waals surface area contributed by atoms with Crippen LogP contribution in [0.2, 0.25) is 5.02 Å². The largest absolute Gasteiger partial charge is 0.495 e. The number of nitrogens with zero attached hydrogens (tertiary/aromatic N) is 1. The number of halogens is 1. The number of methoxy groups -OCH3 is 1. The van der Waals surface area contributed by atoms with E-state index in [4.69, 9.17) is 22.1 Å². The van der Waals surface area contributed by atoms with Gasteiger partial charge in [0.25, 0.3) is 0 Å². The molecule has 2 rings (SSSR count). The van der Waals surface area contributed by atoms with Gasteiger partial charge in [-0.25, -0.2) is 0 Å². The number of hydrogen-bond acceptors (Lipinski definition) is 3. The second-order valence-corrected chi connectivity index (χ2v) is 5.48. The fourth-order valence-corrected chi connectivity index (χ4v) is 2.82. The highest BCUT2D eigenvalue weighted by Gasteiger charge is 2.23. The summed E-state index contributed by atoms with van der Waals surface area (Å²) in [5.74, 6) is 0.731. The van der Waals surface area contributed by atoms with Gasteiger partial charge in [0.1, 0.15) is 5.75 Å². The summed E-state index contributed by atoms with van der Waals surface area (Å²) >= 11 is 6.14. The van der Waals surface area contributed by atoms with Crippen molar-refractivity contribution in [3.63, 3.8) is 0 Å². The maximum absolute atomic E-state index is 6.14. The molecule has 1 aliphatic rings. The number of rotatable bonds is 3. The first-order valence-corrected chi connectivity index (χ1v) is 6.80. The zero-order chi connectivity index (χ0) is 13.1. The van der Waals surface area contributed by atoms with Gasteiger partial charge in [-0.05, 0) is 37.5 Å². The lowest BCUT2D eigenvalue weighted by Gasteiger charge is -2.36. The Bertz CT molecular complexity index is 411. The summed E-state index contributed by atoms with van der Waals surface area (Å²) < 4.78 is 5.16. The minimum Gasteiger partial charge on any atom is -0.495 e. The minimum absolute atomic E-state index is 0.357. The number of ether oxygens (including phenoxy) is 1. The van der Waals surface area contributed by atoms with Crippen LogP contribution < -0.4 is 10.5 Å². The van der Waals surface area contributed by atoms with Gasteiger partial charge in [0.15, 0.2) is 0 Å². The summed E-state index contributed by atoms with van der Waals surface area (Å²) in [7, 11) is 1.63. The number of piperidine rings is 1. The molecule has 0 bridgehead atoms. The molecule has 1 aliphatic heterocycles. The molecule has 2 unspecified atom stereocenters. The Balaban J connectivity index is 2.03. The quantitative estimate of drug-likeness (QED) is 0.916. The maximum atomic E-state index is 6.14. The third-order valence-corrected chi connectivity index (χ3v) is 3.95. The highest BCUT2D eigenvalue weighted by Crippen LogP contribution is 2.26. The van der Waals surface area contributed by atoms with Gasteiger partial charge < -0.3 is 10.5 Å². The van der Waals surface area contributed by atoms with E-state index in [0.29, 0.717) is 17.1 Å². The first kappa shape index (κ1) is 13.7. The Morgan fingerprint density at radius 1 is 1.50 bits per heavy atom. The van der Waals surface area contributed by atoms with Gasteiger partial charge in [0, 0.05) is 25.2 Å². The van der Waals surface area contributed by atoms with Crippen molar-refractivity contribution >= 4 is 11.6 Å². The molecule has 1 fully saturated rings. The molecule has 0 aliphatic carbocycles. The fraction of sp³-hybridized carbons (Fsp3) is 0.571. The molecule has 0 radical (unpaired) electrons. The highest BCUT2D eigenvalue weighted by molar-refractivity contribution is 6.32. The zero-order valence-electron chi connectivity index (χ0n) is 11.0. The van der Waals surface area contributed by atoms with Crippen molar-refractivity contribution in [1.29, 1.82) is 0 Å². The molecule has 0 amide bonds. The maximum Gasteiger partial charge on any atom is 0.137 e. The topological polar surface area (TPSA) is 38.5 Å². The lowest BCUT2D eigenvalue weighted by Crippen LogP contribution is -2.44. The van der Waals surface area contributed by atoms with E-state index in [9.17, 15) is 0 Å². The molecule has 2 N–H and O–H groups in total. The van der Waals surface area contributed by atoms with Crippen LogP contribution in [-0.2, 0) is 6.54 Å². The van der Waals surface area contributed by atoms with Crippen molar-refractivity contribution in [3.8, 4) is 5.75 Å². The second-order valence-electron chi connectivity index (χ2n) is 5.07. The van der Waals surface area contributed by atoms with Gasteiger partial charge in [-0.3, -0.25) is 4.90 Å². The summed E-state index contributed by atoms with van der Waals surface area (Å²) in [4.78, 5) is 2.46. The van der Waals surface area contributed by atoms with Crippen molar-refractivity contribution in [2.45, 2.75) is 38.4 Å². The van der Waals surface area contributed by atoms with Crippen molar-refractivity contribution in [2.24, 2.45) is 5.73 Å². The summed E-state index contributed by atoms with van der Waals surface area (Å²) in [6, 6.07) is 6.89. The molecule has 0 aromatic heterocycles. The lowest BCUT2D eigenvalue weighted by atomic mass is 9.98. The summed E-state index contributed by atoms with van der Waals surface area (Å²) in [5, 5.41) is 0.677. The number of likely N-dealkylation sites (tertiary alicyclic amines) is 1. The molecule has 1 aromatic rings. The van der Waals surface area contributed by atoms with Gasteiger partial charge >= 0.3 is 0 Å². The van der Waals surface area contributed by atoms with Crippen LogP contribution in [0.25, 0.3) is 0 Å². The van der Waals surface area contributed by atoms with Crippen molar-refractivity contribution in [3.05, 3.63) is 28.8 Å². The standard InChI is InChI=1S/C14H21ClN2O/c1-10-7-12(16)5-6-17(10)9-11-3-4-14(18-2)13(15)8-11/h3-4,8,10,12H,5-7,9,16H2,1-2H3. The van der Waals surface area contributed by atoms with Crippen LogP contribution in [0.3, 0.4) is 0 Å². The van der Waals surface area contributed by atoms with Crippen LogP contribution in [0.5, 0.6) is 5.75 Å². The first-order chi connectivity index (χ1) is 8.60. The van der Waals surface area contributed by atoms with Crippen LogP contribution >= 0.6 is 11.6 Å². The van der Waals surface area contributed by atoms with Crippen LogP contribution in [-0.4, -0.2) is 30.6 Å². The van der Waals surface area contributed by atoms with Gasteiger partial charge in [0.2, 0.25) is 0 Å². The fourth-order valence-electron chi connectivity index (χ4n) is 2.53. The average molecular weight is 269 g/mol. The number of benzene rings is 1. The molecule has 1 saturated heterocycles. The summed E-state index contributed by atoms with van der Waals surface area (Å²) in [6.45, 7) is 4.23. The monoisotopic (exact) mass is 268 g/mol. The zero-order valence-corrected chi connectivity index (χ0v) is 11.8. The summed E-state index contributed by atoms with van der Waals surface area (Å²) in [6.07, 6.45) is 2.15. The van der Waals surface area contributed by atoms with Gasteiger partial charge in [-0.2, -0.15) is 0 Å². The molecule has 1 heterocycles. The normalized spacial score (nSPS) is 25.1. The predicted molar refractivity (Wildman–Crippen MR) is 75.1 cm³/mol. The molecular formula is C14H21ClN2O. The Kier molecular flexibility index (Phi) is 4.49. The Hall–Kier alpha value is -0.770. The highest BCUT2D eigenvalue weighted by atomic mass is 35.5. The van der Waals surface area contributed by atoms with E-state index >= 15 is 0 Å². The Morgan fingerprint density at radius 2 is 2.28 bits per heavy atom. The molecule has 1 aromatic carbocycles. The molecule has 100 valence electrons. The lowest BCUT2D eigenvalue weighted by molar-refractivity contribution is 0.140. The second kappa shape index (κ2) is 5.91. The third-order valence-electron chi connectivity index (χ3n) is 3.66. The molecule has 3 nitrogen and oxygen atoms in total. The number of hydrogen-bond donors (Lipinski definition) is 1. The van der Waals surface area contributed by atoms with Crippen molar-refractivity contribution < 1.29 is 4.74 Å². The summed E-state index contributed by atoms with van der Waals surface area (Å²) in [5.41, 5.74) is 7.20. The minimum atomic E-state index is 0.357. The third kappa shape index (κ3) is 3.16. The van der Waals surface area contributed by atoms with Crippen LogP contribution in [0.15, 0.2) is 18.2 Å². The van der Waals surface area contributed by atoms with E-state index in [2.05, 4.69) is 17.9 Å². The number of nitrogens with two attached hydrogens (primary N) is 1. The average Bonchev–Trinajstić information content (AvgIpc) is 2.33. The molecule has 0 saturated carbocycles. The van der Waals surface area contributed by atoms with Crippen LogP contribution in [0, 0.1) is 0 Å². The van der Waals surface area contributed by atoms with Gasteiger partial charge in [0.05, 0.1) is 12.1 Å². The van der Waals surface area contributed by atoms with E-state index in [1.54, 1.807) is 7.11 Å². The van der Waals surface area contributed by atoms with Gasteiger partial charge in [-0.15, -0.1) is 0 Å². The smallest absolute Gasteiger partial charge is 0.137 e. The Morgan fingerprint density at radius 3 is 2.89 bits per heavy atom. The van der Waals surface area contributed by atoms with Crippen molar-refractivity contribution in [1.82, 2.24) is 4.90 Å². The van der Waals surface area contributed by atoms with E-state index in [0.717, 1.165) is 31.7 Å². The molecule has 4 heteroatoms. The van der Waals surface area contributed by atoms with Crippen LogP contribution in [0.1, 0.15) is 25.3 Å². The predicted octanol–water partition coefficient (Wildman–Crippen LogP) is 2.66. The van der Waals surface area contributed by atoms with E-state index < -0.39 is 0 Å². The first-order valence-electron chi connectivity index (χ1n) is 6.42. The van der Waals surface area contributed by atoms with Crippen molar-refractivity contribution in [2.75, 3.05) is 13.7 Å². The van der Waals surface area contributed by atoms with E-state index in [-0.39, 0.29) is 0 Å². The van der Waals surface area contributed by atoms with E-state index in [1.807, 2.05) is 12.1 Å². The molecule has 0 spiro atoms. The van der Waals surface area contributed by atoms with E-state index in [1.165, 1.54) is 5.56 Å². The van der Waals surface area contributed by atoms with Crippen LogP contribution in [0.4, 0.5) is 0 Å². The van der Waals surface area contributed by atoms with Gasteiger partial charge in [-0.1, -0.05) is 17.7 Å². The molecule has 2 atom stereocenters. The Labute approximate surface area is 114 Å². The molecule has 18 heavy (non-hydrogen) atoms. The SMILES string of the molecule is COc1ccc(CN2CCC(N)CC2C)cc1Cl.